The van der Waals surface area contributed by atoms with Gasteiger partial charge in [-0.1, -0.05) is 0 Å². The van der Waals surface area contributed by atoms with Crippen LogP contribution in [0.3, 0.4) is 0 Å². The first-order valence-corrected chi connectivity index (χ1v) is 5.91. The van der Waals surface area contributed by atoms with Crippen molar-refractivity contribution < 1.29 is 14.2 Å². The maximum Gasteiger partial charge on any atom is 0.123 e. The van der Waals surface area contributed by atoms with E-state index in [1.54, 1.807) is 13.0 Å². The molecule has 1 heterocycles. The smallest absolute Gasteiger partial charge is 0.123 e. The quantitative estimate of drug-likeness (QED) is 0.858. The topological polar surface area (TPSA) is 32.7 Å². The molecule has 0 aliphatic carbocycles. The van der Waals surface area contributed by atoms with Gasteiger partial charge in [-0.25, -0.2) is 4.39 Å². The van der Waals surface area contributed by atoms with Crippen LogP contribution in [0.5, 0.6) is 0 Å². The number of aliphatic hydroxyl groups excluding tert-OH is 1. The van der Waals surface area contributed by atoms with Crippen molar-refractivity contribution in [3.63, 3.8) is 0 Å². The van der Waals surface area contributed by atoms with Crippen LogP contribution in [0.15, 0.2) is 18.2 Å². The second-order valence-corrected chi connectivity index (χ2v) is 4.50. The van der Waals surface area contributed by atoms with Gasteiger partial charge in [-0.2, -0.15) is 0 Å². The number of morpholine rings is 1. The first kappa shape index (κ1) is 12.3. The van der Waals surface area contributed by atoms with Crippen LogP contribution in [-0.2, 0) is 4.74 Å². The fourth-order valence-corrected chi connectivity index (χ4v) is 2.21. The van der Waals surface area contributed by atoms with Gasteiger partial charge in [0.2, 0.25) is 0 Å². The number of rotatable bonds is 2. The van der Waals surface area contributed by atoms with Crippen LogP contribution in [-0.4, -0.2) is 30.9 Å². The summed E-state index contributed by atoms with van der Waals surface area (Å²) in [6.45, 7) is 5.82. The molecule has 0 spiro atoms. The van der Waals surface area contributed by atoms with Gasteiger partial charge in [0.15, 0.2) is 0 Å². The lowest BCUT2D eigenvalue weighted by Crippen LogP contribution is -2.44. The van der Waals surface area contributed by atoms with Crippen molar-refractivity contribution in [2.75, 3.05) is 24.7 Å². The Bertz CT molecular complexity index is 395. The van der Waals surface area contributed by atoms with Gasteiger partial charge in [0.25, 0.3) is 0 Å². The van der Waals surface area contributed by atoms with Gasteiger partial charge < -0.3 is 14.7 Å². The van der Waals surface area contributed by atoms with Gasteiger partial charge in [-0.3, -0.25) is 0 Å². The highest BCUT2D eigenvalue weighted by atomic mass is 19.1. The summed E-state index contributed by atoms with van der Waals surface area (Å²) < 4.78 is 18.6. The molecule has 94 valence electrons. The molecule has 1 saturated heterocycles. The minimum atomic E-state index is -0.671. The fourth-order valence-electron chi connectivity index (χ4n) is 2.21. The van der Waals surface area contributed by atoms with Crippen LogP contribution < -0.4 is 4.90 Å². The summed E-state index contributed by atoms with van der Waals surface area (Å²) in [6, 6.07) is 4.82. The Morgan fingerprint density at radius 2 is 2.29 bits per heavy atom. The predicted octanol–water partition coefficient (Wildman–Crippen LogP) is 2.10. The Labute approximate surface area is 101 Å². The van der Waals surface area contributed by atoms with Crippen molar-refractivity contribution in [2.24, 2.45) is 0 Å². The van der Waals surface area contributed by atoms with Crippen LogP contribution in [0.1, 0.15) is 25.5 Å². The number of halogens is 1. The van der Waals surface area contributed by atoms with Crippen molar-refractivity contribution in [2.45, 2.75) is 26.0 Å². The van der Waals surface area contributed by atoms with E-state index in [4.69, 9.17) is 4.74 Å². The highest BCUT2D eigenvalue weighted by Crippen LogP contribution is 2.29. The minimum Gasteiger partial charge on any atom is -0.389 e. The summed E-state index contributed by atoms with van der Waals surface area (Å²) in [5.41, 5.74) is 1.54. The summed E-state index contributed by atoms with van der Waals surface area (Å²) in [5, 5.41) is 9.72. The van der Waals surface area contributed by atoms with Crippen molar-refractivity contribution in [1.82, 2.24) is 0 Å². The molecule has 1 aliphatic rings. The summed E-state index contributed by atoms with van der Waals surface area (Å²) >= 11 is 0. The van der Waals surface area contributed by atoms with Gasteiger partial charge in [0, 0.05) is 23.8 Å². The normalized spacial score (nSPS) is 22.6. The second-order valence-electron chi connectivity index (χ2n) is 4.50. The Hall–Kier alpha value is -1.13. The standard InChI is InChI=1S/C13H18FNO2/c1-9-8-17-6-5-15(9)13-4-3-11(14)7-12(13)10(2)16/h3-4,7,9-10,16H,5-6,8H2,1-2H3/t9?,10-/m1/s1. The number of hydrogen-bond acceptors (Lipinski definition) is 3. The predicted molar refractivity (Wildman–Crippen MR) is 64.7 cm³/mol. The monoisotopic (exact) mass is 239 g/mol. The molecule has 0 radical (unpaired) electrons. The van der Waals surface area contributed by atoms with Gasteiger partial charge in [-0.15, -0.1) is 0 Å². The Balaban J connectivity index is 2.36. The Morgan fingerprint density at radius 3 is 2.94 bits per heavy atom. The molecular formula is C13H18FNO2. The molecular weight excluding hydrogens is 221 g/mol. The van der Waals surface area contributed by atoms with Crippen molar-refractivity contribution >= 4 is 5.69 Å². The number of anilines is 1. The number of aliphatic hydroxyl groups is 1. The van der Waals surface area contributed by atoms with Crippen LogP contribution in [0, 0.1) is 5.82 Å². The Kier molecular flexibility index (Phi) is 3.64. The van der Waals surface area contributed by atoms with E-state index in [-0.39, 0.29) is 11.9 Å². The molecule has 17 heavy (non-hydrogen) atoms. The molecule has 1 fully saturated rings. The number of hydrogen-bond donors (Lipinski definition) is 1. The molecule has 3 nitrogen and oxygen atoms in total. The third kappa shape index (κ3) is 2.58. The van der Waals surface area contributed by atoms with Gasteiger partial charge in [0.1, 0.15) is 5.82 Å². The molecule has 0 bridgehead atoms. The SMILES string of the molecule is CC1COCCN1c1ccc(F)cc1[C@@H](C)O. The molecule has 0 amide bonds. The maximum absolute atomic E-state index is 13.2. The van der Waals surface area contributed by atoms with E-state index >= 15 is 0 Å². The number of benzene rings is 1. The Morgan fingerprint density at radius 1 is 1.53 bits per heavy atom. The number of nitrogens with zero attached hydrogens (tertiary/aromatic N) is 1. The summed E-state index contributed by atoms with van der Waals surface area (Å²) in [6.07, 6.45) is -0.671. The zero-order valence-electron chi connectivity index (χ0n) is 10.2. The molecule has 1 aromatic rings. The molecule has 2 rings (SSSR count). The molecule has 4 heteroatoms. The second kappa shape index (κ2) is 5.02. The maximum atomic E-state index is 13.2. The van der Waals surface area contributed by atoms with Crippen LogP contribution >= 0.6 is 0 Å². The van der Waals surface area contributed by atoms with Crippen molar-refractivity contribution in [3.05, 3.63) is 29.6 Å². The van der Waals surface area contributed by atoms with Gasteiger partial charge in [-0.05, 0) is 32.0 Å². The van der Waals surface area contributed by atoms with E-state index in [0.29, 0.717) is 18.8 Å². The third-order valence-electron chi connectivity index (χ3n) is 3.12. The van der Waals surface area contributed by atoms with E-state index in [9.17, 15) is 9.50 Å². The lowest BCUT2D eigenvalue weighted by molar-refractivity contribution is 0.0984. The molecule has 0 aromatic heterocycles. The zero-order chi connectivity index (χ0) is 12.4. The van der Waals surface area contributed by atoms with Gasteiger partial charge in [0.05, 0.1) is 19.3 Å². The molecule has 2 atom stereocenters. The first-order chi connectivity index (χ1) is 8.09. The van der Waals surface area contributed by atoms with Crippen LogP contribution in [0.2, 0.25) is 0 Å². The van der Waals surface area contributed by atoms with Crippen LogP contribution in [0.4, 0.5) is 10.1 Å². The fraction of sp³-hybridized carbons (Fsp3) is 0.538. The van der Waals surface area contributed by atoms with Crippen molar-refractivity contribution in [3.8, 4) is 0 Å². The average Bonchev–Trinajstić information content (AvgIpc) is 2.30. The molecule has 0 saturated carbocycles. The van der Waals surface area contributed by atoms with E-state index in [2.05, 4.69) is 11.8 Å². The largest absolute Gasteiger partial charge is 0.389 e. The molecule has 1 unspecified atom stereocenters. The lowest BCUT2D eigenvalue weighted by atomic mass is 10.1. The number of ether oxygens (including phenoxy) is 1. The van der Waals surface area contributed by atoms with Crippen molar-refractivity contribution in [1.29, 1.82) is 0 Å². The van der Waals surface area contributed by atoms with E-state index in [1.807, 2.05) is 0 Å². The van der Waals surface area contributed by atoms with E-state index < -0.39 is 6.10 Å². The highest BCUT2D eigenvalue weighted by Gasteiger charge is 2.22. The molecule has 1 N–H and O–H groups in total. The van der Waals surface area contributed by atoms with E-state index in [0.717, 1.165) is 12.2 Å². The average molecular weight is 239 g/mol. The molecule has 1 aliphatic heterocycles. The minimum absolute atomic E-state index is 0.242. The van der Waals surface area contributed by atoms with Crippen LogP contribution in [0.25, 0.3) is 0 Å². The van der Waals surface area contributed by atoms with Gasteiger partial charge >= 0.3 is 0 Å². The zero-order valence-corrected chi connectivity index (χ0v) is 10.2. The third-order valence-corrected chi connectivity index (χ3v) is 3.12. The first-order valence-electron chi connectivity index (χ1n) is 5.91. The van der Waals surface area contributed by atoms with E-state index in [1.165, 1.54) is 12.1 Å². The summed E-state index contributed by atoms with van der Waals surface area (Å²) in [7, 11) is 0. The summed E-state index contributed by atoms with van der Waals surface area (Å²) in [5.74, 6) is -0.314. The lowest BCUT2D eigenvalue weighted by Gasteiger charge is -2.36. The molecule has 1 aromatic carbocycles. The summed E-state index contributed by atoms with van der Waals surface area (Å²) in [4.78, 5) is 2.16. The highest BCUT2D eigenvalue weighted by molar-refractivity contribution is 5.55.